The molecule has 1 fully saturated rings. The molecule has 144 valence electrons. The summed E-state index contributed by atoms with van der Waals surface area (Å²) >= 11 is 0. The first-order valence-electron chi connectivity index (χ1n) is 9.65. The molecular weight excluding hydrogens is 350 g/mol. The second-order valence-electron chi connectivity index (χ2n) is 7.54. The Bertz CT molecular complexity index is 987. The minimum absolute atomic E-state index is 0.00571. The van der Waals surface area contributed by atoms with Gasteiger partial charge in [0.05, 0.1) is 22.9 Å². The number of benzene rings is 2. The number of amides is 1. The topological polar surface area (TPSA) is 54.5 Å². The summed E-state index contributed by atoms with van der Waals surface area (Å²) in [5.41, 5.74) is 2.35. The van der Waals surface area contributed by atoms with Crippen LogP contribution in [0.25, 0.3) is 10.9 Å². The molecular formula is C23H25N3O2. The fourth-order valence-electron chi connectivity index (χ4n) is 3.53. The number of para-hydroxylation sites is 1. The largest absolute Gasteiger partial charge is 0.492 e. The van der Waals surface area contributed by atoms with Crippen molar-refractivity contribution < 1.29 is 9.53 Å². The van der Waals surface area contributed by atoms with Crippen LogP contribution in [0.5, 0.6) is 5.75 Å². The number of rotatable bonds is 6. The van der Waals surface area contributed by atoms with Crippen molar-refractivity contribution in [3.63, 3.8) is 0 Å². The average molecular weight is 375 g/mol. The van der Waals surface area contributed by atoms with Gasteiger partial charge < -0.3 is 10.1 Å². The molecule has 0 aliphatic carbocycles. The number of ether oxygens (including phenoxy) is 1. The zero-order valence-electron chi connectivity index (χ0n) is 16.3. The number of aryl methyl sites for hydroxylation is 1. The van der Waals surface area contributed by atoms with Crippen LogP contribution in [0.2, 0.25) is 0 Å². The Kier molecular flexibility index (Phi) is 5.01. The van der Waals surface area contributed by atoms with Gasteiger partial charge in [-0.05, 0) is 44.5 Å². The van der Waals surface area contributed by atoms with Gasteiger partial charge in [-0.15, -0.1) is 0 Å². The minimum Gasteiger partial charge on any atom is -0.492 e. The van der Waals surface area contributed by atoms with E-state index in [1.807, 2.05) is 61.5 Å². The Morgan fingerprint density at radius 2 is 2.00 bits per heavy atom. The summed E-state index contributed by atoms with van der Waals surface area (Å²) in [6, 6.07) is 17.9. The third-order valence-corrected chi connectivity index (χ3v) is 5.55. The van der Waals surface area contributed by atoms with Crippen LogP contribution in [0.4, 0.5) is 5.69 Å². The highest BCUT2D eigenvalue weighted by Gasteiger charge is 2.46. The molecule has 1 amide bonds. The number of fused-ring (bicyclic) bond motifs is 1. The molecule has 1 aliphatic heterocycles. The van der Waals surface area contributed by atoms with E-state index in [4.69, 9.17) is 4.74 Å². The number of nitrogens with one attached hydrogen (secondary N) is 1. The first-order valence-corrected chi connectivity index (χ1v) is 9.65. The summed E-state index contributed by atoms with van der Waals surface area (Å²) in [5.74, 6) is 0.866. The van der Waals surface area contributed by atoms with Crippen molar-refractivity contribution in [3.05, 3.63) is 66.4 Å². The highest BCUT2D eigenvalue weighted by molar-refractivity contribution is 5.99. The Labute approximate surface area is 165 Å². The van der Waals surface area contributed by atoms with Gasteiger partial charge in [-0.25, -0.2) is 0 Å². The fourth-order valence-corrected chi connectivity index (χ4v) is 3.53. The summed E-state index contributed by atoms with van der Waals surface area (Å²) in [6.45, 7) is 6.22. The molecule has 2 aromatic carbocycles. The lowest BCUT2D eigenvalue weighted by molar-refractivity contribution is -0.135. The summed E-state index contributed by atoms with van der Waals surface area (Å²) in [4.78, 5) is 19.5. The fraction of sp³-hybridized carbons (Fsp3) is 0.304. The maximum atomic E-state index is 12.9. The molecule has 0 radical (unpaired) electrons. The number of nitrogens with zero attached hydrogens (tertiary/aromatic N) is 2. The monoisotopic (exact) mass is 375 g/mol. The van der Waals surface area contributed by atoms with Crippen LogP contribution in [0.3, 0.4) is 0 Å². The first kappa shape index (κ1) is 18.4. The molecule has 5 nitrogen and oxygen atoms in total. The minimum atomic E-state index is -0.512. The number of carbonyl (C=O) groups is 1. The maximum Gasteiger partial charge on any atom is 0.244 e. The second-order valence-corrected chi connectivity index (χ2v) is 7.54. The average Bonchev–Trinajstić information content (AvgIpc) is 2.71. The summed E-state index contributed by atoms with van der Waals surface area (Å²) in [6.07, 6.45) is 2.55. The van der Waals surface area contributed by atoms with Crippen molar-refractivity contribution in [2.75, 3.05) is 25.0 Å². The van der Waals surface area contributed by atoms with Crippen LogP contribution < -0.4 is 10.1 Å². The summed E-state index contributed by atoms with van der Waals surface area (Å²) in [7, 11) is 0. The quantitative estimate of drug-likeness (QED) is 0.707. The zero-order chi connectivity index (χ0) is 19.6. The standard InChI is InChI=1S/C23H25N3O2/c1-17-7-9-20(10-8-17)28-14-13-26-12-11-23(26,2)22(27)25-19-15-18-5-3-4-6-21(18)24-16-19/h3-10,15-16H,11-14H2,1-2H3,(H,25,27). The molecule has 0 bridgehead atoms. The number of likely N-dealkylation sites (tertiary alicyclic amines) is 1. The van der Waals surface area contributed by atoms with Gasteiger partial charge in [-0.1, -0.05) is 35.9 Å². The van der Waals surface area contributed by atoms with Crippen LogP contribution in [0.1, 0.15) is 18.9 Å². The predicted octanol–water partition coefficient (Wildman–Crippen LogP) is 4.03. The van der Waals surface area contributed by atoms with Crippen LogP contribution in [0.15, 0.2) is 60.8 Å². The van der Waals surface area contributed by atoms with E-state index in [1.54, 1.807) is 6.20 Å². The molecule has 28 heavy (non-hydrogen) atoms. The molecule has 1 aromatic heterocycles. The van der Waals surface area contributed by atoms with Crippen LogP contribution in [0, 0.1) is 6.92 Å². The molecule has 5 heteroatoms. The Balaban J connectivity index is 1.35. The van der Waals surface area contributed by atoms with E-state index in [0.29, 0.717) is 13.2 Å². The van der Waals surface area contributed by atoms with Crippen molar-refractivity contribution in [1.29, 1.82) is 0 Å². The van der Waals surface area contributed by atoms with Crippen molar-refractivity contribution in [2.24, 2.45) is 0 Å². The van der Waals surface area contributed by atoms with Gasteiger partial charge in [-0.2, -0.15) is 0 Å². The van der Waals surface area contributed by atoms with E-state index in [0.717, 1.165) is 35.3 Å². The van der Waals surface area contributed by atoms with Gasteiger partial charge in [0, 0.05) is 18.5 Å². The van der Waals surface area contributed by atoms with Crippen molar-refractivity contribution >= 4 is 22.5 Å². The molecule has 0 spiro atoms. The highest BCUT2D eigenvalue weighted by Crippen LogP contribution is 2.31. The lowest BCUT2D eigenvalue weighted by Crippen LogP contribution is -2.65. The van der Waals surface area contributed by atoms with Crippen LogP contribution in [-0.2, 0) is 4.79 Å². The predicted molar refractivity (Wildman–Crippen MR) is 112 cm³/mol. The number of anilines is 1. The molecule has 1 N–H and O–H groups in total. The number of aromatic nitrogens is 1. The Morgan fingerprint density at radius 1 is 1.21 bits per heavy atom. The number of pyridine rings is 1. The summed E-state index contributed by atoms with van der Waals surface area (Å²) < 4.78 is 5.82. The molecule has 1 atom stereocenters. The van der Waals surface area contributed by atoms with E-state index in [9.17, 15) is 4.79 Å². The van der Waals surface area contributed by atoms with Crippen molar-refractivity contribution in [3.8, 4) is 5.75 Å². The molecule has 3 aromatic rings. The maximum absolute atomic E-state index is 12.9. The van der Waals surface area contributed by atoms with Crippen molar-refractivity contribution in [2.45, 2.75) is 25.8 Å². The van der Waals surface area contributed by atoms with Crippen molar-refractivity contribution in [1.82, 2.24) is 9.88 Å². The van der Waals surface area contributed by atoms with Gasteiger partial charge in [0.1, 0.15) is 12.4 Å². The van der Waals surface area contributed by atoms with Gasteiger partial charge in [0.15, 0.2) is 0 Å². The lowest BCUT2D eigenvalue weighted by Gasteiger charge is -2.49. The second kappa shape index (κ2) is 7.60. The molecule has 1 aliphatic rings. The highest BCUT2D eigenvalue weighted by atomic mass is 16.5. The van der Waals surface area contributed by atoms with E-state index in [1.165, 1.54) is 5.56 Å². The normalized spacial score (nSPS) is 19.2. The number of hydrogen-bond acceptors (Lipinski definition) is 4. The third-order valence-electron chi connectivity index (χ3n) is 5.55. The van der Waals surface area contributed by atoms with E-state index < -0.39 is 5.54 Å². The molecule has 0 saturated carbocycles. The number of hydrogen-bond donors (Lipinski definition) is 1. The SMILES string of the molecule is Cc1ccc(OCCN2CCC2(C)C(=O)Nc2cnc3ccccc3c2)cc1. The van der Waals surface area contributed by atoms with Crippen LogP contribution in [-0.4, -0.2) is 41.0 Å². The smallest absolute Gasteiger partial charge is 0.244 e. The molecule has 1 saturated heterocycles. The molecule has 1 unspecified atom stereocenters. The Morgan fingerprint density at radius 3 is 2.75 bits per heavy atom. The van der Waals surface area contributed by atoms with Gasteiger partial charge in [0.2, 0.25) is 5.91 Å². The zero-order valence-corrected chi connectivity index (χ0v) is 16.3. The number of carbonyl (C=O) groups excluding carboxylic acids is 1. The van der Waals surface area contributed by atoms with Gasteiger partial charge in [0.25, 0.3) is 0 Å². The van der Waals surface area contributed by atoms with Gasteiger partial charge >= 0.3 is 0 Å². The van der Waals surface area contributed by atoms with E-state index >= 15 is 0 Å². The molecule has 2 heterocycles. The lowest BCUT2D eigenvalue weighted by atomic mass is 9.85. The van der Waals surface area contributed by atoms with E-state index in [2.05, 4.69) is 22.1 Å². The summed E-state index contributed by atoms with van der Waals surface area (Å²) in [5, 5.41) is 4.05. The third kappa shape index (κ3) is 3.71. The van der Waals surface area contributed by atoms with E-state index in [-0.39, 0.29) is 5.91 Å². The van der Waals surface area contributed by atoms with Crippen LogP contribution >= 0.6 is 0 Å². The Hall–Kier alpha value is -2.92. The first-order chi connectivity index (χ1) is 13.5. The molecule has 4 rings (SSSR count). The van der Waals surface area contributed by atoms with Gasteiger partial charge in [-0.3, -0.25) is 14.7 Å².